The van der Waals surface area contributed by atoms with E-state index < -0.39 is 40.3 Å². The van der Waals surface area contributed by atoms with E-state index in [9.17, 15) is 18.0 Å². The normalized spacial score (nSPS) is 24.9. The molecule has 0 saturated carbocycles. The minimum Gasteiger partial charge on any atom is -0.344 e. The second-order valence-electron chi connectivity index (χ2n) is 7.52. The van der Waals surface area contributed by atoms with E-state index in [1.165, 1.54) is 12.1 Å². The van der Waals surface area contributed by atoms with Gasteiger partial charge in [0.15, 0.2) is 6.29 Å². The van der Waals surface area contributed by atoms with Crippen molar-refractivity contribution >= 4 is 21.8 Å². The Morgan fingerprint density at radius 2 is 1.65 bits per heavy atom. The second-order valence-corrected chi connectivity index (χ2v) is 9.20. The summed E-state index contributed by atoms with van der Waals surface area (Å²) in [5.74, 6) is -0.842. The number of fused-ring (bicyclic) bond motifs is 3. The number of nitrogens with one attached hydrogen (secondary N) is 2. The smallest absolute Gasteiger partial charge is 0.262 e. The molecule has 2 N–H and O–H groups in total. The maximum absolute atomic E-state index is 12.9. The molecule has 1 fully saturated rings. The average Bonchev–Trinajstić information content (AvgIpc) is 3.29. The molecule has 2 amide bonds. The number of benzene rings is 2. The zero-order valence-corrected chi connectivity index (χ0v) is 17.3. The van der Waals surface area contributed by atoms with Gasteiger partial charge in [0.05, 0.1) is 34.4 Å². The molecule has 3 aliphatic heterocycles. The highest BCUT2D eigenvalue weighted by atomic mass is 32.2. The van der Waals surface area contributed by atoms with Gasteiger partial charge < -0.3 is 14.9 Å². The van der Waals surface area contributed by atoms with Gasteiger partial charge in [-0.2, -0.15) is 0 Å². The van der Waals surface area contributed by atoms with Crippen molar-refractivity contribution in [3.63, 3.8) is 0 Å². The lowest BCUT2D eigenvalue weighted by Crippen LogP contribution is -2.51. The van der Waals surface area contributed by atoms with Gasteiger partial charge in [0, 0.05) is 0 Å². The molecule has 0 radical (unpaired) electrons. The highest BCUT2D eigenvalue weighted by Gasteiger charge is 2.48. The number of imide groups is 1. The van der Waals surface area contributed by atoms with Crippen LogP contribution in [-0.4, -0.2) is 50.2 Å². The molecule has 3 heterocycles. The maximum atomic E-state index is 12.9. The molecule has 2 aromatic rings. The number of rotatable bonds is 5. The van der Waals surface area contributed by atoms with Crippen molar-refractivity contribution in [3.8, 4) is 0 Å². The van der Waals surface area contributed by atoms with E-state index in [1.54, 1.807) is 42.5 Å². The van der Waals surface area contributed by atoms with Crippen LogP contribution in [0.3, 0.4) is 0 Å². The van der Waals surface area contributed by atoms with E-state index in [2.05, 4.69) is 10.3 Å². The van der Waals surface area contributed by atoms with Gasteiger partial charge in [0.1, 0.15) is 6.10 Å². The Hall–Kier alpha value is -3.05. The largest absolute Gasteiger partial charge is 0.344 e. The molecule has 5 rings (SSSR count). The summed E-state index contributed by atoms with van der Waals surface area (Å²) >= 11 is 0. The quantitative estimate of drug-likeness (QED) is 0.527. The number of amides is 2. The third-order valence-electron chi connectivity index (χ3n) is 5.48. The van der Waals surface area contributed by atoms with Crippen LogP contribution in [0.4, 0.5) is 0 Å². The molecule has 0 aromatic heterocycles. The van der Waals surface area contributed by atoms with Crippen molar-refractivity contribution < 1.29 is 27.5 Å². The van der Waals surface area contributed by atoms with Crippen LogP contribution in [0.5, 0.6) is 0 Å². The lowest BCUT2D eigenvalue weighted by molar-refractivity contribution is -0.0524. The molecule has 3 unspecified atom stereocenters. The Balaban J connectivity index is 1.40. The zero-order valence-electron chi connectivity index (χ0n) is 16.4. The summed E-state index contributed by atoms with van der Waals surface area (Å²) in [5, 5.41) is 0. The molecule has 0 spiro atoms. The fraction of sp³-hybridized carbons (Fsp3) is 0.238. The number of hydrazine groups is 1. The van der Waals surface area contributed by atoms with Crippen LogP contribution in [-0.2, 0) is 19.5 Å². The standard InChI is InChI=1S/C21H19N3O6S/c1-12-6-8-13(9-7-12)31(27,28)23-22-16-10-17(18-11-29-21(16)30-18)24-19(25)14-4-2-3-5-15(14)20(24)26/h2-10,17-18,21-23H,11H2,1H3. The summed E-state index contributed by atoms with van der Waals surface area (Å²) in [6, 6.07) is 12.2. The second kappa shape index (κ2) is 7.27. The van der Waals surface area contributed by atoms with Crippen LogP contribution < -0.4 is 10.3 Å². The highest BCUT2D eigenvalue weighted by molar-refractivity contribution is 7.89. The number of sulfonamides is 1. The Morgan fingerprint density at radius 1 is 1.00 bits per heavy atom. The van der Waals surface area contributed by atoms with Crippen molar-refractivity contribution in [3.05, 3.63) is 77.0 Å². The number of hydrogen-bond donors (Lipinski definition) is 2. The molecule has 9 nitrogen and oxygen atoms in total. The van der Waals surface area contributed by atoms with Crippen molar-refractivity contribution in [1.29, 1.82) is 0 Å². The number of carbonyl (C=O) groups excluding carboxylic acids is 2. The van der Waals surface area contributed by atoms with E-state index in [-0.39, 0.29) is 17.2 Å². The van der Waals surface area contributed by atoms with Crippen molar-refractivity contribution in [1.82, 2.24) is 15.2 Å². The SMILES string of the molecule is Cc1ccc(S(=O)(=O)NNC2=CC(N3C(=O)c4ccccc4C3=O)C3COC2O3)cc1. The molecule has 3 aliphatic rings. The predicted octanol–water partition coefficient (Wildman–Crippen LogP) is 1.08. The van der Waals surface area contributed by atoms with Gasteiger partial charge >= 0.3 is 0 Å². The topological polar surface area (TPSA) is 114 Å². The summed E-state index contributed by atoms with van der Waals surface area (Å²) < 4.78 is 36.5. The number of nitrogens with zero attached hydrogens (tertiary/aromatic N) is 1. The van der Waals surface area contributed by atoms with Gasteiger partial charge in [-0.3, -0.25) is 14.5 Å². The predicted molar refractivity (Wildman–Crippen MR) is 108 cm³/mol. The van der Waals surface area contributed by atoms with Crippen LogP contribution in [0.15, 0.2) is 65.2 Å². The summed E-state index contributed by atoms with van der Waals surface area (Å²) in [6.07, 6.45) is 0.245. The van der Waals surface area contributed by atoms with Crippen LogP contribution in [0.25, 0.3) is 0 Å². The lowest BCUT2D eigenvalue weighted by atomic mass is 10.1. The number of carbonyl (C=O) groups is 2. The number of aryl methyl sites for hydroxylation is 1. The molecule has 1 saturated heterocycles. The van der Waals surface area contributed by atoms with Gasteiger partial charge in [-0.05, 0) is 37.3 Å². The van der Waals surface area contributed by atoms with Crippen molar-refractivity contribution in [2.45, 2.75) is 30.3 Å². The van der Waals surface area contributed by atoms with Gasteiger partial charge in [0.2, 0.25) is 0 Å². The summed E-state index contributed by atoms with van der Waals surface area (Å²) in [5.41, 5.74) is 4.50. The van der Waals surface area contributed by atoms with Crippen molar-refractivity contribution in [2.24, 2.45) is 0 Å². The Morgan fingerprint density at radius 3 is 2.29 bits per heavy atom. The van der Waals surface area contributed by atoms with E-state index in [4.69, 9.17) is 9.47 Å². The van der Waals surface area contributed by atoms with Gasteiger partial charge in [-0.1, -0.05) is 29.8 Å². The Bertz CT molecular complexity index is 1170. The molecule has 10 heteroatoms. The molecule has 3 atom stereocenters. The highest BCUT2D eigenvalue weighted by Crippen LogP contribution is 2.33. The molecule has 2 aromatic carbocycles. The molecular formula is C21H19N3O6S. The molecule has 0 aliphatic carbocycles. The van der Waals surface area contributed by atoms with Crippen LogP contribution in [0.1, 0.15) is 26.3 Å². The van der Waals surface area contributed by atoms with Gasteiger partial charge in [-0.15, -0.1) is 4.83 Å². The molecular weight excluding hydrogens is 422 g/mol. The minimum absolute atomic E-state index is 0.0880. The summed E-state index contributed by atoms with van der Waals surface area (Å²) in [7, 11) is -3.86. The van der Waals surface area contributed by atoms with E-state index in [1.807, 2.05) is 6.92 Å². The number of ether oxygens (including phenoxy) is 2. The fourth-order valence-corrected chi connectivity index (χ4v) is 4.72. The summed E-state index contributed by atoms with van der Waals surface area (Å²) in [6.45, 7) is 2.02. The summed E-state index contributed by atoms with van der Waals surface area (Å²) in [4.78, 5) is 29.3. The van der Waals surface area contributed by atoms with Crippen LogP contribution in [0.2, 0.25) is 0 Å². The first-order valence-electron chi connectivity index (χ1n) is 9.65. The monoisotopic (exact) mass is 441 g/mol. The zero-order chi connectivity index (χ0) is 21.8. The third kappa shape index (κ3) is 3.33. The van der Waals surface area contributed by atoms with Gasteiger partial charge in [0.25, 0.3) is 21.8 Å². The van der Waals surface area contributed by atoms with E-state index in [0.717, 1.165) is 10.5 Å². The molecule has 160 valence electrons. The first-order chi connectivity index (χ1) is 14.8. The molecule has 31 heavy (non-hydrogen) atoms. The lowest BCUT2D eigenvalue weighted by Gasteiger charge is -2.32. The maximum Gasteiger partial charge on any atom is 0.262 e. The Kier molecular flexibility index (Phi) is 4.67. The molecule has 2 bridgehead atoms. The third-order valence-corrected chi connectivity index (χ3v) is 6.74. The fourth-order valence-electron chi connectivity index (χ4n) is 3.85. The Labute approximate surface area is 178 Å². The van der Waals surface area contributed by atoms with E-state index >= 15 is 0 Å². The van der Waals surface area contributed by atoms with Gasteiger partial charge in [-0.25, -0.2) is 8.42 Å². The van der Waals surface area contributed by atoms with Crippen LogP contribution in [0, 0.1) is 6.92 Å². The number of hydrogen-bond acceptors (Lipinski definition) is 7. The van der Waals surface area contributed by atoms with Crippen molar-refractivity contribution in [2.75, 3.05) is 6.61 Å². The minimum atomic E-state index is -3.86. The van der Waals surface area contributed by atoms with E-state index in [0.29, 0.717) is 11.1 Å². The van der Waals surface area contributed by atoms with Crippen LogP contribution >= 0.6 is 0 Å². The first-order valence-corrected chi connectivity index (χ1v) is 11.1. The first kappa shape index (κ1) is 19.9. The average molecular weight is 441 g/mol.